The molecule has 6 rings (SSSR count). The van der Waals surface area contributed by atoms with Crippen molar-refractivity contribution in [1.82, 2.24) is 15.1 Å². The number of carboxylic acids is 1. The lowest BCUT2D eigenvalue weighted by Gasteiger charge is -2.43. The van der Waals surface area contributed by atoms with Crippen molar-refractivity contribution in [2.45, 2.75) is 64.8 Å². The number of carboxylic acid groups (broad SMARTS) is 1. The largest absolute Gasteiger partial charge is 0.478 e. The van der Waals surface area contributed by atoms with Crippen LogP contribution in [0.2, 0.25) is 20.1 Å². The molecule has 0 aromatic heterocycles. The fraction of sp³-hybridized carbons (Fsp3) is 0.378. The molecule has 326 valence electrons. The Balaban J connectivity index is 0.000000231. The zero-order valence-corrected chi connectivity index (χ0v) is 38.2. The molecule has 3 amide bonds. The Hall–Kier alpha value is -4.88. The number of hydrogen-bond acceptors (Lipinski definition) is 8. The van der Waals surface area contributed by atoms with Gasteiger partial charge in [-0.25, -0.2) is 14.4 Å². The Kier molecular flexibility index (Phi) is 15.4. The van der Waals surface area contributed by atoms with Gasteiger partial charge in [0, 0.05) is 61.9 Å². The lowest BCUT2D eigenvalue weighted by molar-refractivity contribution is 0.0204. The molecule has 4 aromatic carbocycles. The molecular weight excluding hydrogens is 864 g/mol. The van der Waals surface area contributed by atoms with Gasteiger partial charge in [0.1, 0.15) is 11.2 Å². The fourth-order valence-corrected chi connectivity index (χ4v) is 7.80. The number of nitrogens with zero attached hydrogens (tertiary/aromatic N) is 4. The predicted octanol–water partition coefficient (Wildman–Crippen LogP) is 10.6. The Labute approximate surface area is 377 Å². The van der Waals surface area contributed by atoms with Crippen LogP contribution in [0.5, 0.6) is 0 Å². The summed E-state index contributed by atoms with van der Waals surface area (Å²) in [6, 6.07) is 24.6. The third kappa shape index (κ3) is 12.6. The normalized spacial score (nSPS) is 16.9. The maximum Gasteiger partial charge on any atom is 0.410 e. The Morgan fingerprint density at radius 2 is 0.967 bits per heavy atom. The van der Waals surface area contributed by atoms with Gasteiger partial charge in [0.25, 0.3) is 5.91 Å². The van der Waals surface area contributed by atoms with E-state index in [9.17, 15) is 24.3 Å². The first-order valence-corrected chi connectivity index (χ1v) is 21.2. The number of piperazine rings is 2. The first-order valence-electron chi connectivity index (χ1n) is 19.7. The first-order chi connectivity index (χ1) is 28.6. The molecule has 0 radical (unpaired) electrons. The second-order valence-corrected chi connectivity index (χ2v) is 18.3. The minimum atomic E-state index is -1.03. The van der Waals surface area contributed by atoms with Crippen LogP contribution in [-0.2, 0) is 9.47 Å². The summed E-state index contributed by atoms with van der Waals surface area (Å²) in [4.78, 5) is 56.2. The van der Waals surface area contributed by atoms with E-state index in [1.54, 1.807) is 47.2 Å². The minimum Gasteiger partial charge on any atom is -0.478 e. The summed E-state index contributed by atoms with van der Waals surface area (Å²) in [5.41, 5.74) is 2.95. The fourth-order valence-electron chi connectivity index (χ4n) is 6.97. The monoisotopic (exact) mass is 913 g/mol. The van der Waals surface area contributed by atoms with Crippen molar-refractivity contribution in [2.75, 3.05) is 56.1 Å². The minimum absolute atomic E-state index is 0.124. The van der Waals surface area contributed by atoms with Crippen LogP contribution >= 0.6 is 46.4 Å². The Morgan fingerprint density at radius 3 is 1.31 bits per heavy atom. The van der Waals surface area contributed by atoms with Crippen molar-refractivity contribution < 1.29 is 33.8 Å². The molecule has 4 aromatic rings. The van der Waals surface area contributed by atoms with Gasteiger partial charge in [-0.3, -0.25) is 4.79 Å². The molecule has 0 bridgehead atoms. The van der Waals surface area contributed by atoms with Crippen molar-refractivity contribution in [1.29, 1.82) is 0 Å². The van der Waals surface area contributed by atoms with Gasteiger partial charge >= 0.3 is 18.2 Å². The molecule has 0 saturated carbocycles. The van der Waals surface area contributed by atoms with Crippen molar-refractivity contribution in [3.8, 4) is 0 Å². The van der Waals surface area contributed by atoms with Crippen LogP contribution in [-0.4, -0.2) is 96.5 Å². The highest BCUT2D eigenvalue weighted by Crippen LogP contribution is 2.38. The number of carbonyl (C=O) groups excluding carboxylic acids is 3. The van der Waals surface area contributed by atoms with Gasteiger partial charge in [-0.15, -0.1) is 0 Å². The van der Waals surface area contributed by atoms with Gasteiger partial charge < -0.3 is 39.5 Å². The van der Waals surface area contributed by atoms with Gasteiger partial charge in [-0.1, -0.05) is 70.7 Å². The smallest absolute Gasteiger partial charge is 0.410 e. The van der Waals surface area contributed by atoms with Crippen LogP contribution in [0.15, 0.2) is 84.9 Å². The first kappa shape index (κ1) is 47.2. The molecule has 2 saturated heterocycles. The summed E-state index contributed by atoms with van der Waals surface area (Å²) in [5, 5.41) is 13.9. The highest BCUT2D eigenvalue weighted by molar-refractivity contribution is 6.34. The van der Waals surface area contributed by atoms with E-state index in [2.05, 4.69) is 15.1 Å². The number of hydrogen-bond donors (Lipinski definition) is 2. The number of anilines is 2. The van der Waals surface area contributed by atoms with Crippen LogP contribution in [0.1, 0.15) is 85.5 Å². The highest BCUT2D eigenvalue weighted by atomic mass is 35.5. The zero-order chi connectivity index (χ0) is 44.8. The van der Waals surface area contributed by atoms with Crippen LogP contribution in [0, 0.1) is 0 Å². The molecular formula is C45H51Cl4N5O7. The van der Waals surface area contributed by atoms with Crippen LogP contribution in [0.3, 0.4) is 0 Å². The molecule has 0 unspecified atom stereocenters. The summed E-state index contributed by atoms with van der Waals surface area (Å²) in [7, 11) is 1.58. The van der Waals surface area contributed by atoms with Gasteiger partial charge in [0.2, 0.25) is 0 Å². The van der Waals surface area contributed by atoms with Crippen molar-refractivity contribution in [2.24, 2.45) is 0 Å². The highest BCUT2D eigenvalue weighted by Gasteiger charge is 2.36. The van der Waals surface area contributed by atoms with E-state index < -0.39 is 17.2 Å². The maximum atomic E-state index is 12.7. The molecule has 16 heteroatoms. The Morgan fingerprint density at radius 1 is 0.590 bits per heavy atom. The molecule has 0 aliphatic carbocycles. The van der Waals surface area contributed by atoms with Gasteiger partial charge in [-0.2, -0.15) is 0 Å². The third-order valence-corrected chi connectivity index (χ3v) is 10.9. The number of rotatable bonds is 6. The average Bonchev–Trinajstić information content (AvgIpc) is 3.19. The second-order valence-electron chi connectivity index (χ2n) is 16.6. The molecule has 61 heavy (non-hydrogen) atoms. The lowest BCUT2D eigenvalue weighted by atomic mass is 10.0. The molecule has 2 aliphatic heterocycles. The van der Waals surface area contributed by atoms with Crippen LogP contribution in [0.25, 0.3) is 0 Å². The molecule has 12 nitrogen and oxygen atoms in total. The van der Waals surface area contributed by atoms with E-state index in [1.165, 1.54) is 12.1 Å². The van der Waals surface area contributed by atoms with Crippen molar-refractivity contribution >= 4 is 81.8 Å². The Bertz CT molecular complexity index is 2210. The zero-order valence-electron chi connectivity index (χ0n) is 35.2. The maximum absolute atomic E-state index is 12.7. The number of nitrogens with one attached hydrogen (secondary N) is 1. The summed E-state index contributed by atoms with van der Waals surface area (Å²) >= 11 is 25.2. The molecule has 2 atom stereocenters. The predicted molar refractivity (Wildman–Crippen MR) is 242 cm³/mol. The topological polar surface area (TPSA) is 132 Å². The summed E-state index contributed by atoms with van der Waals surface area (Å²) in [5.74, 6) is -1.23. The number of carbonyl (C=O) groups is 4. The molecule has 2 N–H and O–H groups in total. The molecule has 0 spiro atoms. The van der Waals surface area contributed by atoms with E-state index >= 15 is 0 Å². The number of amides is 3. The van der Waals surface area contributed by atoms with Gasteiger partial charge in [0.15, 0.2) is 0 Å². The molecule has 2 heterocycles. The van der Waals surface area contributed by atoms with E-state index in [0.717, 1.165) is 16.8 Å². The summed E-state index contributed by atoms with van der Waals surface area (Å²) < 4.78 is 11.1. The number of benzene rings is 4. The van der Waals surface area contributed by atoms with Crippen molar-refractivity contribution in [3.63, 3.8) is 0 Å². The number of aromatic carboxylic acids is 1. The average molecular weight is 916 g/mol. The van der Waals surface area contributed by atoms with E-state index in [1.807, 2.05) is 84.0 Å². The van der Waals surface area contributed by atoms with Crippen molar-refractivity contribution in [3.05, 3.63) is 127 Å². The van der Waals surface area contributed by atoms with Crippen LogP contribution in [0.4, 0.5) is 21.0 Å². The standard InChI is InChI=1S/C23H27Cl2N3O3.C22H24Cl2N2O4/c1-23(2,3)31-22(30)27-11-12-28(20(14-27)15-5-8-17(24)9-6-15)19-10-7-16(13-18(19)25)21(29)26-4;1-22(2,3)30-21(29)25-10-11-26(18-9-6-15(20(27)28)12-17(18)24)19(13-25)14-4-7-16(23)8-5-14/h5-10,13,20H,11-12,14H2,1-4H3,(H,26,29);4-9,12,19H,10-11,13H2,1-3H3,(H,27,28)/t20-;19-/m00/s1. The number of ether oxygens (including phenoxy) is 2. The molecule has 2 aliphatic rings. The van der Waals surface area contributed by atoms with E-state index in [-0.39, 0.29) is 35.7 Å². The molecule has 2 fully saturated rings. The lowest BCUT2D eigenvalue weighted by Crippen LogP contribution is -2.51. The van der Waals surface area contributed by atoms with Gasteiger partial charge in [-0.05, 0) is 113 Å². The second kappa shape index (κ2) is 19.9. The SMILES string of the molecule is CC(C)(C)OC(=O)N1CCN(c2ccc(C(=O)O)cc2Cl)[C@H](c2ccc(Cl)cc2)C1.CNC(=O)c1ccc(N2CCN(C(=O)OC(C)(C)C)C[C@H]2c2ccc(Cl)cc2)c(Cl)c1. The van der Waals surface area contributed by atoms with Crippen LogP contribution < -0.4 is 15.1 Å². The summed E-state index contributed by atoms with van der Waals surface area (Å²) in [6.07, 6.45) is -0.708. The summed E-state index contributed by atoms with van der Waals surface area (Å²) in [6.45, 7) is 13.9. The van der Waals surface area contributed by atoms with E-state index in [0.29, 0.717) is 70.6 Å². The number of halogens is 4. The van der Waals surface area contributed by atoms with E-state index in [4.69, 9.17) is 55.9 Å². The third-order valence-electron chi connectivity index (χ3n) is 9.82. The van der Waals surface area contributed by atoms with Gasteiger partial charge in [0.05, 0.1) is 39.1 Å². The quantitative estimate of drug-likeness (QED) is 0.194.